The summed E-state index contributed by atoms with van der Waals surface area (Å²) >= 11 is 0. The van der Waals surface area contributed by atoms with Crippen LogP contribution in [0.3, 0.4) is 0 Å². The molecule has 3 aromatic rings. The Bertz CT molecular complexity index is 1380. The van der Waals surface area contributed by atoms with Crippen LogP contribution in [0.25, 0.3) is 0 Å². The van der Waals surface area contributed by atoms with Crippen LogP contribution in [0.2, 0.25) is 0 Å². The fraction of sp³-hybridized carbons (Fsp3) is 0.355. The number of halogens is 1. The van der Waals surface area contributed by atoms with Crippen molar-refractivity contribution in [1.29, 1.82) is 0 Å². The number of rotatable bonds is 13. The zero-order chi connectivity index (χ0) is 29.3. The highest BCUT2D eigenvalue weighted by Gasteiger charge is 2.31. The molecule has 0 radical (unpaired) electrons. The zero-order valence-corrected chi connectivity index (χ0v) is 24.3. The lowest BCUT2D eigenvalue weighted by molar-refractivity contribution is -0.141. The van der Waals surface area contributed by atoms with Crippen molar-refractivity contribution >= 4 is 27.5 Å². The summed E-state index contributed by atoms with van der Waals surface area (Å²) in [7, 11) is -3.59. The number of benzene rings is 3. The van der Waals surface area contributed by atoms with Gasteiger partial charge in [-0.25, -0.2) is 12.8 Å². The van der Waals surface area contributed by atoms with Crippen LogP contribution >= 0.6 is 0 Å². The topological polar surface area (TPSA) is 86.8 Å². The van der Waals surface area contributed by atoms with E-state index in [0.717, 1.165) is 17.4 Å². The van der Waals surface area contributed by atoms with Crippen LogP contribution in [-0.2, 0) is 32.6 Å². The third-order valence-electron chi connectivity index (χ3n) is 6.50. The maximum Gasteiger partial charge on any atom is 0.243 e. The molecule has 40 heavy (non-hydrogen) atoms. The molecule has 3 aromatic carbocycles. The molecule has 9 heteroatoms. The number of amides is 2. The van der Waals surface area contributed by atoms with Gasteiger partial charge in [0.05, 0.1) is 11.9 Å². The number of anilines is 1. The van der Waals surface area contributed by atoms with E-state index in [2.05, 4.69) is 5.32 Å². The van der Waals surface area contributed by atoms with Crippen molar-refractivity contribution in [2.24, 2.45) is 0 Å². The fourth-order valence-corrected chi connectivity index (χ4v) is 5.57. The Morgan fingerprint density at radius 3 is 2.12 bits per heavy atom. The highest BCUT2D eigenvalue weighted by Crippen LogP contribution is 2.23. The lowest BCUT2D eigenvalue weighted by atomic mass is 10.0. The molecular weight excluding hydrogens is 529 g/mol. The number of nitrogens with zero attached hydrogens (tertiary/aromatic N) is 2. The number of hydrogen-bond donors (Lipinski definition) is 1. The molecule has 0 unspecified atom stereocenters. The smallest absolute Gasteiger partial charge is 0.243 e. The van der Waals surface area contributed by atoms with Gasteiger partial charge >= 0.3 is 0 Å². The second-order valence-electron chi connectivity index (χ2n) is 10.2. The van der Waals surface area contributed by atoms with Gasteiger partial charge in [-0.15, -0.1) is 0 Å². The normalized spacial score (nSPS) is 12.2. The fourth-order valence-electron chi connectivity index (χ4n) is 4.55. The molecule has 1 N–H and O–H groups in total. The van der Waals surface area contributed by atoms with Crippen LogP contribution in [0.5, 0.6) is 0 Å². The van der Waals surface area contributed by atoms with Gasteiger partial charge in [0, 0.05) is 32.0 Å². The highest BCUT2D eigenvalue weighted by atomic mass is 32.2. The molecule has 0 aliphatic rings. The predicted molar refractivity (Wildman–Crippen MR) is 157 cm³/mol. The third-order valence-corrected chi connectivity index (χ3v) is 7.68. The van der Waals surface area contributed by atoms with Crippen molar-refractivity contribution in [1.82, 2.24) is 10.2 Å². The first kappa shape index (κ1) is 30.8. The quantitative estimate of drug-likeness (QED) is 0.320. The van der Waals surface area contributed by atoms with E-state index in [-0.39, 0.29) is 43.8 Å². The second kappa shape index (κ2) is 14.1. The van der Waals surface area contributed by atoms with Gasteiger partial charge < -0.3 is 10.2 Å². The Kier molecular flexibility index (Phi) is 10.8. The summed E-state index contributed by atoms with van der Waals surface area (Å²) in [6.07, 6.45) is 1.72. The molecule has 0 saturated heterocycles. The van der Waals surface area contributed by atoms with Gasteiger partial charge in [-0.1, -0.05) is 60.7 Å². The Hall–Kier alpha value is -3.72. The van der Waals surface area contributed by atoms with E-state index in [1.807, 2.05) is 63.2 Å². The molecule has 2 amide bonds. The highest BCUT2D eigenvalue weighted by molar-refractivity contribution is 7.92. The Balaban J connectivity index is 1.88. The van der Waals surface area contributed by atoms with Crippen LogP contribution in [0, 0.1) is 12.7 Å². The van der Waals surface area contributed by atoms with Crippen LogP contribution in [0.1, 0.15) is 43.4 Å². The van der Waals surface area contributed by atoms with Crippen molar-refractivity contribution < 1.29 is 22.4 Å². The molecule has 1 atom stereocenters. The lowest BCUT2D eigenvalue weighted by Crippen LogP contribution is -2.51. The van der Waals surface area contributed by atoms with Crippen molar-refractivity contribution in [3.05, 3.63) is 101 Å². The van der Waals surface area contributed by atoms with Crippen molar-refractivity contribution in [2.45, 2.75) is 58.7 Å². The number of carbonyl (C=O) groups excluding carboxylic acids is 2. The number of nitrogens with one attached hydrogen (secondary N) is 1. The monoisotopic (exact) mass is 567 g/mol. The molecule has 0 aromatic heterocycles. The molecule has 0 bridgehead atoms. The average molecular weight is 568 g/mol. The Labute approximate surface area is 237 Å². The van der Waals surface area contributed by atoms with Gasteiger partial charge in [-0.3, -0.25) is 13.9 Å². The summed E-state index contributed by atoms with van der Waals surface area (Å²) in [6, 6.07) is 21.5. The summed E-state index contributed by atoms with van der Waals surface area (Å²) in [5.41, 5.74) is 2.96. The van der Waals surface area contributed by atoms with Gasteiger partial charge in [0.2, 0.25) is 21.8 Å². The molecule has 3 rings (SSSR count). The molecule has 0 heterocycles. The average Bonchev–Trinajstić information content (AvgIpc) is 2.89. The van der Waals surface area contributed by atoms with Gasteiger partial charge in [-0.05, 0) is 62.1 Å². The third kappa shape index (κ3) is 8.91. The minimum Gasteiger partial charge on any atom is -0.352 e. The maximum atomic E-state index is 13.8. The van der Waals surface area contributed by atoms with Crippen LogP contribution in [0.4, 0.5) is 10.1 Å². The van der Waals surface area contributed by atoms with E-state index < -0.39 is 21.9 Å². The van der Waals surface area contributed by atoms with E-state index in [9.17, 15) is 22.4 Å². The molecule has 0 aliphatic carbocycles. The van der Waals surface area contributed by atoms with Crippen molar-refractivity contribution in [3.8, 4) is 0 Å². The number of carbonyl (C=O) groups is 2. The van der Waals surface area contributed by atoms with E-state index in [4.69, 9.17) is 0 Å². The lowest BCUT2D eigenvalue weighted by Gasteiger charge is -2.32. The SMILES string of the molecule is Cc1ccccc1N(CCCC(=O)N(Cc1ccc(F)cc1)[C@H](Cc1ccccc1)C(=O)NC(C)C)S(C)(=O)=O. The molecular formula is C31H38FN3O4S. The van der Waals surface area contributed by atoms with Crippen LogP contribution < -0.4 is 9.62 Å². The number of aryl methyl sites for hydroxylation is 1. The standard InChI is InChI=1S/C31H38FN3O4S/c1-23(2)33-31(37)29(21-25-12-6-5-7-13-25)34(22-26-16-18-27(32)19-17-26)30(36)15-10-20-35(40(4,38)39)28-14-9-8-11-24(28)3/h5-9,11-14,16-19,23,29H,10,15,20-22H2,1-4H3,(H,33,37)/t29-/m1/s1. The van der Waals surface area contributed by atoms with Gasteiger partial charge in [0.25, 0.3) is 0 Å². The largest absolute Gasteiger partial charge is 0.352 e. The Morgan fingerprint density at radius 1 is 0.900 bits per heavy atom. The molecule has 0 saturated carbocycles. The first-order valence-corrected chi connectivity index (χ1v) is 15.2. The van der Waals surface area contributed by atoms with Crippen molar-refractivity contribution in [3.63, 3.8) is 0 Å². The van der Waals surface area contributed by atoms with E-state index in [1.54, 1.807) is 24.3 Å². The summed E-state index contributed by atoms with van der Waals surface area (Å²) in [5.74, 6) is -0.966. The molecule has 0 aliphatic heterocycles. The van der Waals surface area contributed by atoms with E-state index in [1.165, 1.54) is 21.3 Å². The maximum absolute atomic E-state index is 13.8. The minimum absolute atomic E-state index is 0.0271. The minimum atomic E-state index is -3.59. The predicted octanol–water partition coefficient (Wildman–Crippen LogP) is 4.85. The van der Waals surface area contributed by atoms with Crippen LogP contribution in [-0.4, -0.2) is 50.0 Å². The van der Waals surface area contributed by atoms with E-state index >= 15 is 0 Å². The van der Waals surface area contributed by atoms with Gasteiger partial charge in [0.1, 0.15) is 11.9 Å². The summed E-state index contributed by atoms with van der Waals surface area (Å²) in [4.78, 5) is 28.7. The number of sulfonamides is 1. The second-order valence-corrected chi connectivity index (χ2v) is 12.1. The number of para-hydroxylation sites is 1. The van der Waals surface area contributed by atoms with Gasteiger partial charge in [-0.2, -0.15) is 0 Å². The molecule has 0 fully saturated rings. The molecule has 0 spiro atoms. The number of hydrogen-bond acceptors (Lipinski definition) is 4. The van der Waals surface area contributed by atoms with E-state index in [0.29, 0.717) is 17.7 Å². The zero-order valence-electron chi connectivity index (χ0n) is 23.5. The summed E-state index contributed by atoms with van der Waals surface area (Å²) in [6.45, 7) is 5.77. The van der Waals surface area contributed by atoms with Gasteiger partial charge in [0.15, 0.2) is 0 Å². The van der Waals surface area contributed by atoms with Crippen LogP contribution in [0.15, 0.2) is 78.9 Å². The summed E-state index contributed by atoms with van der Waals surface area (Å²) in [5, 5.41) is 2.93. The molecule has 214 valence electrons. The van der Waals surface area contributed by atoms with Crippen molar-refractivity contribution in [2.75, 3.05) is 17.1 Å². The molecule has 7 nitrogen and oxygen atoms in total. The first-order chi connectivity index (χ1) is 19.0. The summed E-state index contributed by atoms with van der Waals surface area (Å²) < 4.78 is 40.1. The first-order valence-electron chi connectivity index (χ1n) is 13.4. The Morgan fingerprint density at radius 2 is 1.52 bits per heavy atom.